The second kappa shape index (κ2) is 11.6. The van der Waals surface area contributed by atoms with E-state index in [2.05, 4.69) is 10.6 Å². The van der Waals surface area contributed by atoms with E-state index in [9.17, 15) is 24.5 Å². The fourth-order valence-corrected chi connectivity index (χ4v) is 3.35. The Morgan fingerprint density at radius 3 is 2.36 bits per heavy atom. The van der Waals surface area contributed by atoms with Crippen molar-refractivity contribution in [2.24, 2.45) is 0 Å². The average Bonchev–Trinajstić information content (AvgIpc) is 2.86. The summed E-state index contributed by atoms with van der Waals surface area (Å²) in [6.07, 6.45) is 0. The van der Waals surface area contributed by atoms with Crippen molar-refractivity contribution >= 4 is 34.8 Å². The van der Waals surface area contributed by atoms with Crippen LogP contribution in [-0.2, 0) is 16.1 Å². The van der Waals surface area contributed by atoms with Gasteiger partial charge in [-0.3, -0.25) is 19.7 Å². The topological polar surface area (TPSA) is 131 Å². The van der Waals surface area contributed by atoms with Crippen LogP contribution < -0.4 is 15.5 Å². The lowest BCUT2D eigenvalue weighted by Crippen LogP contribution is -2.26. The minimum atomic E-state index is -0.886. The van der Waals surface area contributed by atoms with Gasteiger partial charge in [0, 0.05) is 26.7 Å². The quantitative estimate of drug-likeness (QED) is 0.266. The van der Waals surface area contributed by atoms with Crippen LogP contribution in [0.2, 0.25) is 0 Å². The molecule has 10 nitrogen and oxygen atoms in total. The predicted molar refractivity (Wildman–Crippen MR) is 135 cm³/mol. The van der Waals surface area contributed by atoms with E-state index in [1.165, 1.54) is 12.1 Å². The van der Waals surface area contributed by atoms with Gasteiger partial charge in [0.25, 0.3) is 17.5 Å². The molecule has 3 aromatic carbocycles. The molecule has 3 aromatic rings. The Bertz CT molecular complexity index is 1290. The van der Waals surface area contributed by atoms with Gasteiger partial charge in [-0.05, 0) is 36.8 Å². The summed E-state index contributed by atoms with van der Waals surface area (Å²) in [4.78, 5) is 49.8. The first-order valence-electron chi connectivity index (χ1n) is 11.0. The average molecular weight is 491 g/mol. The van der Waals surface area contributed by atoms with E-state index in [0.29, 0.717) is 12.2 Å². The number of esters is 1. The van der Waals surface area contributed by atoms with E-state index in [0.717, 1.165) is 17.2 Å². The maximum atomic E-state index is 12.7. The van der Waals surface area contributed by atoms with Gasteiger partial charge in [-0.15, -0.1) is 0 Å². The van der Waals surface area contributed by atoms with Crippen LogP contribution in [0, 0.1) is 17.0 Å². The number of rotatable bonds is 9. The standard InChI is InChI=1S/C26H26N4O6/c1-17-8-10-18(11-9-17)15-27-25(32)20-6-4-5-7-21(20)28-24(31)16-36-26(33)19-12-13-22(29(2)3)23(14-19)30(34)35/h4-14H,15-16H2,1-3H3,(H,27,32)(H,28,31). The van der Waals surface area contributed by atoms with Crippen molar-refractivity contribution in [3.8, 4) is 0 Å². The Kier molecular flexibility index (Phi) is 8.35. The van der Waals surface area contributed by atoms with E-state index < -0.39 is 23.4 Å². The molecule has 0 radical (unpaired) electrons. The van der Waals surface area contributed by atoms with E-state index >= 15 is 0 Å². The van der Waals surface area contributed by atoms with Gasteiger partial charge >= 0.3 is 5.97 Å². The summed E-state index contributed by atoms with van der Waals surface area (Å²) in [5, 5.41) is 16.7. The third-order valence-electron chi connectivity index (χ3n) is 5.24. The van der Waals surface area contributed by atoms with Crippen LogP contribution >= 0.6 is 0 Å². The molecule has 0 aromatic heterocycles. The predicted octanol–water partition coefficient (Wildman–Crippen LogP) is 3.69. The number of carbonyl (C=O) groups excluding carboxylic acids is 3. The lowest BCUT2D eigenvalue weighted by atomic mass is 10.1. The van der Waals surface area contributed by atoms with E-state index in [1.54, 1.807) is 43.3 Å². The zero-order valence-electron chi connectivity index (χ0n) is 20.1. The molecule has 0 saturated carbocycles. The number of carbonyl (C=O) groups is 3. The Morgan fingerprint density at radius 2 is 1.69 bits per heavy atom. The monoisotopic (exact) mass is 490 g/mol. The van der Waals surface area contributed by atoms with Crippen molar-refractivity contribution in [1.29, 1.82) is 0 Å². The lowest BCUT2D eigenvalue weighted by molar-refractivity contribution is -0.384. The van der Waals surface area contributed by atoms with Crippen molar-refractivity contribution in [3.63, 3.8) is 0 Å². The number of nitrogens with one attached hydrogen (secondary N) is 2. The SMILES string of the molecule is Cc1ccc(CNC(=O)c2ccccc2NC(=O)COC(=O)c2ccc(N(C)C)c([N+](=O)[O-])c2)cc1. The minimum absolute atomic E-state index is 0.0593. The molecule has 0 spiro atoms. The maximum absolute atomic E-state index is 12.7. The molecule has 10 heteroatoms. The van der Waals surface area contributed by atoms with Gasteiger partial charge in [0.1, 0.15) is 5.69 Å². The first-order valence-corrected chi connectivity index (χ1v) is 11.0. The molecule has 0 heterocycles. The van der Waals surface area contributed by atoms with E-state index in [1.807, 2.05) is 31.2 Å². The molecule has 0 aliphatic carbocycles. The van der Waals surface area contributed by atoms with Gasteiger partial charge in [0.2, 0.25) is 0 Å². The normalized spacial score (nSPS) is 10.3. The molecule has 0 aliphatic rings. The molecule has 186 valence electrons. The van der Waals surface area contributed by atoms with Crippen LogP contribution in [0.25, 0.3) is 0 Å². The molecule has 36 heavy (non-hydrogen) atoms. The van der Waals surface area contributed by atoms with Crippen molar-refractivity contribution in [2.45, 2.75) is 13.5 Å². The molecular formula is C26H26N4O6. The number of amides is 2. The molecule has 2 N–H and O–H groups in total. The first kappa shape index (κ1) is 25.9. The molecule has 0 atom stereocenters. The van der Waals surface area contributed by atoms with Crippen LogP contribution in [0.1, 0.15) is 31.8 Å². The van der Waals surface area contributed by atoms with Gasteiger partial charge in [-0.2, -0.15) is 0 Å². The number of nitro groups is 1. The highest BCUT2D eigenvalue weighted by Crippen LogP contribution is 2.28. The highest BCUT2D eigenvalue weighted by Gasteiger charge is 2.20. The number of nitrogens with zero attached hydrogens (tertiary/aromatic N) is 2. The molecule has 0 unspecified atom stereocenters. The van der Waals surface area contributed by atoms with Crippen molar-refractivity contribution < 1.29 is 24.0 Å². The third kappa shape index (κ3) is 6.66. The first-order chi connectivity index (χ1) is 17.2. The zero-order chi connectivity index (χ0) is 26.2. The Labute approximate surface area is 208 Å². The van der Waals surface area contributed by atoms with Crippen LogP contribution in [0.5, 0.6) is 0 Å². The van der Waals surface area contributed by atoms with E-state index in [-0.39, 0.29) is 28.4 Å². The summed E-state index contributed by atoms with van der Waals surface area (Å²) in [6, 6.07) is 18.1. The lowest BCUT2D eigenvalue weighted by Gasteiger charge is -2.13. The van der Waals surface area contributed by atoms with E-state index in [4.69, 9.17) is 4.74 Å². The molecule has 0 bridgehead atoms. The fraction of sp³-hybridized carbons (Fsp3) is 0.192. The second-order valence-electron chi connectivity index (χ2n) is 8.19. The second-order valence-corrected chi connectivity index (χ2v) is 8.19. The Balaban J connectivity index is 1.61. The Hall–Kier alpha value is -4.73. The molecule has 2 amide bonds. The van der Waals surface area contributed by atoms with Gasteiger partial charge < -0.3 is 20.3 Å². The number of hydrogen-bond acceptors (Lipinski definition) is 7. The van der Waals surface area contributed by atoms with Crippen LogP contribution in [0.3, 0.4) is 0 Å². The summed E-state index contributed by atoms with van der Waals surface area (Å²) in [5.41, 5.74) is 2.56. The maximum Gasteiger partial charge on any atom is 0.338 e. The van der Waals surface area contributed by atoms with Gasteiger partial charge in [-0.1, -0.05) is 42.0 Å². The summed E-state index contributed by atoms with van der Waals surface area (Å²) in [5.74, 6) is -1.93. The van der Waals surface area contributed by atoms with Gasteiger partial charge in [0.05, 0.1) is 21.7 Å². The number of ether oxygens (including phenoxy) is 1. The van der Waals surface area contributed by atoms with Crippen molar-refractivity contribution in [1.82, 2.24) is 5.32 Å². The van der Waals surface area contributed by atoms with Crippen LogP contribution in [0.15, 0.2) is 66.7 Å². The number of nitro benzene ring substituents is 1. The Morgan fingerprint density at radius 1 is 1.00 bits per heavy atom. The number of anilines is 2. The highest BCUT2D eigenvalue weighted by molar-refractivity contribution is 6.04. The summed E-state index contributed by atoms with van der Waals surface area (Å²) < 4.78 is 5.02. The van der Waals surface area contributed by atoms with Crippen molar-refractivity contribution in [2.75, 3.05) is 30.9 Å². The molecule has 0 aliphatic heterocycles. The minimum Gasteiger partial charge on any atom is -0.452 e. The number of para-hydroxylation sites is 1. The largest absolute Gasteiger partial charge is 0.452 e. The van der Waals surface area contributed by atoms with Gasteiger partial charge in [-0.25, -0.2) is 4.79 Å². The van der Waals surface area contributed by atoms with Crippen LogP contribution in [-0.4, -0.2) is 43.4 Å². The smallest absolute Gasteiger partial charge is 0.338 e. The summed E-state index contributed by atoms with van der Waals surface area (Å²) in [7, 11) is 3.29. The molecular weight excluding hydrogens is 464 g/mol. The fourth-order valence-electron chi connectivity index (χ4n) is 3.35. The zero-order valence-corrected chi connectivity index (χ0v) is 20.1. The van der Waals surface area contributed by atoms with Gasteiger partial charge in [0.15, 0.2) is 6.61 Å². The molecule has 0 fully saturated rings. The number of aryl methyl sites for hydroxylation is 1. The molecule has 3 rings (SSSR count). The summed E-state index contributed by atoms with van der Waals surface area (Å²) in [6.45, 7) is 1.66. The highest BCUT2D eigenvalue weighted by atomic mass is 16.6. The third-order valence-corrected chi connectivity index (χ3v) is 5.24. The number of benzene rings is 3. The molecule has 0 saturated heterocycles. The van der Waals surface area contributed by atoms with Crippen LogP contribution in [0.4, 0.5) is 17.1 Å². The summed E-state index contributed by atoms with van der Waals surface area (Å²) >= 11 is 0. The number of hydrogen-bond donors (Lipinski definition) is 2. The van der Waals surface area contributed by atoms with Crippen molar-refractivity contribution in [3.05, 3.63) is 99.1 Å².